The number of nitrogens with one attached hydrogen (secondary N) is 2. The van der Waals surface area contributed by atoms with Gasteiger partial charge in [-0.25, -0.2) is 9.78 Å². The first-order valence-corrected chi connectivity index (χ1v) is 8.34. The summed E-state index contributed by atoms with van der Waals surface area (Å²) in [5.41, 5.74) is 1.33. The molecule has 0 amide bonds. The van der Waals surface area contributed by atoms with Crippen molar-refractivity contribution in [1.82, 2.24) is 9.97 Å². The van der Waals surface area contributed by atoms with E-state index in [1.54, 1.807) is 37.4 Å². The van der Waals surface area contributed by atoms with Crippen molar-refractivity contribution < 1.29 is 9.53 Å². The summed E-state index contributed by atoms with van der Waals surface area (Å²) in [6.07, 6.45) is 5.24. The van der Waals surface area contributed by atoms with E-state index in [4.69, 9.17) is 4.74 Å². The normalized spacial score (nSPS) is 10.2. The summed E-state index contributed by atoms with van der Waals surface area (Å²) < 4.78 is 4.96. The quantitative estimate of drug-likeness (QED) is 0.535. The smallest absolute Gasteiger partial charge is 0.338 e. The number of esters is 1. The Morgan fingerprint density at radius 1 is 1.12 bits per heavy atom. The van der Waals surface area contributed by atoms with Crippen LogP contribution in [0, 0.1) is 0 Å². The SMILES string of the molecule is CCCCCNc1ccnc(Nc2ccc(C(=O)OCC)cc2)n1. The topological polar surface area (TPSA) is 76.1 Å². The van der Waals surface area contributed by atoms with Crippen molar-refractivity contribution in [3.05, 3.63) is 42.1 Å². The minimum atomic E-state index is -0.321. The van der Waals surface area contributed by atoms with Crippen LogP contribution >= 0.6 is 0 Å². The third kappa shape index (κ3) is 5.53. The Bertz CT molecular complexity index is 644. The first-order chi connectivity index (χ1) is 11.7. The molecular weight excluding hydrogens is 304 g/mol. The Hall–Kier alpha value is -2.63. The van der Waals surface area contributed by atoms with Gasteiger partial charge in [0.05, 0.1) is 12.2 Å². The molecule has 0 bridgehead atoms. The molecule has 1 aromatic carbocycles. The van der Waals surface area contributed by atoms with E-state index in [-0.39, 0.29) is 5.97 Å². The molecule has 6 nitrogen and oxygen atoms in total. The van der Waals surface area contributed by atoms with Crippen LogP contribution in [-0.2, 0) is 4.74 Å². The van der Waals surface area contributed by atoms with E-state index in [9.17, 15) is 4.79 Å². The van der Waals surface area contributed by atoms with Crippen molar-refractivity contribution in [2.24, 2.45) is 0 Å². The molecule has 2 rings (SSSR count). The zero-order valence-corrected chi connectivity index (χ0v) is 14.2. The van der Waals surface area contributed by atoms with Crippen molar-refractivity contribution >= 4 is 23.4 Å². The second-order valence-corrected chi connectivity index (χ2v) is 5.32. The lowest BCUT2D eigenvalue weighted by Crippen LogP contribution is -2.06. The third-order valence-electron chi connectivity index (χ3n) is 3.39. The van der Waals surface area contributed by atoms with Gasteiger partial charge in [0.25, 0.3) is 0 Å². The van der Waals surface area contributed by atoms with E-state index < -0.39 is 0 Å². The largest absolute Gasteiger partial charge is 0.462 e. The fourth-order valence-electron chi connectivity index (χ4n) is 2.14. The highest BCUT2D eigenvalue weighted by Crippen LogP contribution is 2.15. The number of carbonyl (C=O) groups excluding carboxylic acids is 1. The standard InChI is InChI=1S/C18H24N4O2/c1-3-5-6-12-19-16-11-13-20-18(22-16)21-15-9-7-14(8-10-15)17(23)24-4-2/h7-11,13H,3-6,12H2,1-2H3,(H2,19,20,21,22). The summed E-state index contributed by atoms with van der Waals surface area (Å²) in [4.78, 5) is 20.3. The van der Waals surface area contributed by atoms with Crippen LogP contribution in [0.25, 0.3) is 0 Å². The highest BCUT2D eigenvalue weighted by atomic mass is 16.5. The summed E-state index contributed by atoms with van der Waals surface area (Å²) in [5.74, 6) is 0.990. The lowest BCUT2D eigenvalue weighted by Gasteiger charge is -2.09. The van der Waals surface area contributed by atoms with Crippen molar-refractivity contribution in [3.8, 4) is 0 Å². The number of nitrogens with zero attached hydrogens (tertiary/aromatic N) is 2. The molecule has 6 heteroatoms. The van der Waals surface area contributed by atoms with Gasteiger partial charge >= 0.3 is 5.97 Å². The van der Waals surface area contributed by atoms with Gasteiger partial charge in [-0.3, -0.25) is 0 Å². The molecular formula is C18H24N4O2. The minimum Gasteiger partial charge on any atom is -0.462 e. The third-order valence-corrected chi connectivity index (χ3v) is 3.39. The molecule has 0 fully saturated rings. The summed E-state index contributed by atoms with van der Waals surface area (Å²) in [6.45, 7) is 5.23. The van der Waals surface area contributed by atoms with Crippen LogP contribution in [0.5, 0.6) is 0 Å². The van der Waals surface area contributed by atoms with Crippen LogP contribution in [0.4, 0.5) is 17.5 Å². The number of aromatic nitrogens is 2. The maximum Gasteiger partial charge on any atom is 0.338 e. The lowest BCUT2D eigenvalue weighted by atomic mass is 10.2. The molecule has 0 aliphatic carbocycles. The number of hydrogen-bond acceptors (Lipinski definition) is 6. The molecule has 2 aromatic rings. The number of carbonyl (C=O) groups is 1. The van der Waals surface area contributed by atoms with Crippen LogP contribution in [0.15, 0.2) is 36.5 Å². The van der Waals surface area contributed by atoms with Crippen LogP contribution in [0.3, 0.4) is 0 Å². The number of hydrogen-bond donors (Lipinski definition) is 2. The molecule has 0 saturated carbocycles. The average Bonchev–Trinajstić information content (AvgIpc) is 2.60. The molecule has 0 aliphatic heterocycles. The number of rotatable bonds is 9. The van der Waals surface area contributed by atoms with Crippen molar-refractivity contribution in [1.29, 1.82) is 0 Å². The Morgan fingerprint density at radius 3 is 2.62 bits per heavy atom. The monoisotopic (exact) mass is 328 g/mol. The van der Waals surface area contributed by atoms with Crippen molar-refractivity contribution in [2.45, 2.75) is 33.1 Å². The maximum atomic E-state index is 11.6. The first-order valence-electron chi connectivity index (χ1n) is 8.34. The van der Waals surface area contributed by atoms with E-state index in [0.29, 0.717) is 18.1 Å². The summed E-state index contributed by atoms with van der Waals surface area (Å²) in [5, 5.41) is 6.42. The van der Waals surface area contributed by atoms with Crippen molar-refractivity contribution in [3.63, 3.8) is 0 Å². The van der Waals surface area contributed by atoms with Crippen LogP contribution in [0.2, 0.25) is 0 Å². The van der Waals surface area contributed by atoms with Gasteiger partial charge in [0.1, 0.15) is 5.82 Å². The molecule has 0 spiro atoms. The van der Waals surface area contributed by atoms with E-state index in [0.717, 1.165) is 24.5 Å². The van der Waals surface area contributed by atoms with Gasteiger partial charge in [-0.2, -0.15) is 4.98 Å². The number of anilines is 3. The van der Waals surface area contributed by atoms with Crippen LogP contribution in [0.1, 0.15) is 43.5 Å². The maximum absolute atomic E-state index is 11.6. The Morgan fingerprint density at radius 2 is 1.92 bits per heavy atom. The number of unbranched alkanes of at least 4 members (excludes halogenated alkanes) is 2. The first kappa shape index (κ1) is 17.7. The Labute approximate surface area is 142 Å². The molecule has 0 unspecified atom stereocenters. The van der Waals surface area contributed by atoms with E-state index in [1.807, 2.05) is 6.07 Å². The second-order valence-electron chi connectivity index (χ2n) is 5.32. The number of benzene rings is 1. The molecule has 1 heterocycles. The molecule has 0 saturated heterocycles. The summed E-state index contributed by atoms with van der Waals surface area (Å²) in [7, 11) is 0. The average molecular weight is 328 g/mol. The van der Waals surface area contributed by atoms with E-state index in [2.05, 4.69) is 27.5 Å². The van der Waals surface area contributed by atoms with Gasteiger partial charge in [0.2, 0.25) is 5.95 Å². The molecule has 0 atom stereocenters. The van der Waals surface area contributed by atoms with Gasteiger partial charge in [0.15, 0.2) is 0 Å². The minimum absolute atomic E-state index is 0.321. The molecule has 1 aromatic heterocycles. The van der Waals surface area contributed by atoms with E-state index >= 15 is 0 Å². The van der Waals surface area contributed by atoms with Gasteiger partial charge in [-0.15, -0.1) is 0 Å². The Kier molecular flexibility index (Phi) is 7.01. The van der Waals surface area contributed by atoms with Gasteiger partial charge in [0, 0.05) is 18.4 Å². The van der Waals surface area contributed by atoms with Gasteiger partial charge in [-0.05, 0) is 43.7 Å². The van der Waals surface area contributed by atoms with Crippen LogP contribution < -0.4 is 10.6 Å². The number of ether oxygens (including phenoxy) is 1. The van der Waals surface area contributed by atoms with Crippen LogP contribution in [-0.4, -0.2) is 29.1 Å². The zero-order chi connectivity index (χ0) is 17.2. The lowest BCUT2D eigenvalue weighted by molar-refractivity contribution is 0.0526. The second kappa shape index (κ2) is 9.50. The van der Waals surface area contributed by atoms with Gasteiger partial charge in [-0.1, -0.05) is 19.8 Å². The molecule has 0 aliphatic rings. The molecule has 128 valence electrons. The molecule has 24 heavy (non-hydrogen) atoms. The van der Waals surface area contributed by atoms with Crippen molar-refractivity contribution in [2.75, 3.05) is 23.8 Å². The fraction of sp³-hybridized carbons (Fsp3) is 0.389. The molecule has 0 radical (unpaired) electrons. The van der Waals surface area contributed by atoms with E-state index in [1.165, 1.54) is 12.8 Å². The highest BCUT2D eigenvalue weighted by Gasteiger charge is 2.06. The Balaban J connectivity index is 1.94. The molecule has 2 N–H and O–H groups in total. The summed E-state index contributed by atoms with van der Waals surface area (Å²) >= 11 is 0. The fourth-order valence-corrected chi connectivity index (χ4v) is 2.14. The zero-order valence-electron chi connectivity index (χ0n) is 14.2. The predicted octanol–water partition coefficient (Wildman–Crippen LogP) is 4.00. The highest BCUT2D eigenvalue weighted by molar-refractivity contribution is 5.89. The predicted molar refractivity (Wildman–Crippen MR) is 95.7 cm³/mol. The van der Waals surface area contributed by atoms with Gasteiger partial charge < -0.3 is 15.4 Å². The summed E-state index contributed by atoms with van der Waals surface area (Å²) in [6, 6.07) is 8.88.